The molecule has 2 fully saturated rings. The molecule has 5 rings (SSSR count). The summed E-state index contributed by atoms with van der Waals surface area (Å²) in [5, 5.41) is 3.24. The molecule has 2 aliphatic rings. The molecule has 2 saturated heterocycles. The summed E-state index contributed by atoms with van der Waals surface area (Å²) in [6, 6.07) is 6.30. The van der Waals surface area contributed by atoms with E-state index in [1.165, 1.54) is 6.08 Å². The van der Waals surface area contributed by atoms with Crippen molar-refractivity contribution in [2.45, 2.75) is 32.2 Å². The van der Waals surface area contributed by atoms with Gasteiger partial charge in [0.2, 0.25) is 11.9 Å². The van der Waals surface area contributed by atoms with E-state index in [2.05, 4.69) is 16.9 Å². The molecule has 0 spiro atoms. The van der Waals surface area contributed by atoms with E-state index in [0.717, 1.165) is 19.3 Å². The van der Waals surface area contributed by atoms with E-state index in [1.807, 2.05) is 11.5 Å². The van der Waals surface area contributed by atoms with Gasteiger partial charge in [0.15, 0.2) is 0 Å². The van der Waals surface area contributed by atoms with Crippen LogP contribution in [0, 0.1) is 6.92 Å². The number of anilines is 1. The number of aromatic nitrogens is 3. The minimum atomic E-state index is -0.498. The number of morpholine rings is 1. The molecule has 2 aromatic heterocycles. The van der Waals surface area contributed by atoms with Gasteiger partial charge in [-0.3, -0.25) is 19.9 Å². The van der Waals surface area contributed by atoms with Crippen LogP contribution in [0.1, 0.15) is 41.4 Å². The second kappa shape index (κ2) is 12.1. The molecule has 210 valence electrons. The van der Waals surface area contributed by atoms with E-state index in [-0.39, 0.29) is 29.6 Å². The van der Waals surface area contributed by atoms with Gasteiger partial charge in [-0.1, -0.05) is 18.2 Å². The number of rotatable bonds is 5. The van der Waals surface area contributed by atoms with Crippen LogP contribution in [0.15, 0.2) is 43.1 Å². The van der Waals surface area contributed by atoms with Gasteiger partial charge in [-0.25, -0.2) is 9.78 Å². The quantitative estimate of drug-likeness (QED) is 0.459. The molecule has 12 heteroatoms. The fourth-order valence-electron chi connectivity index (χ4n) is 5.09. The van der Waals surface area contributed by atoms with Crippen molar-refractivity contribution in [3.63, 3.8) is 0 Å². The lowest BCUT2D eigenvalue weighted by Crippen LogP contribution is -2.42. The number of halogens is 1. The third kappa shape index (κ3) is 5.95. The SMILES string of the molecule is C=CC(=O)N1CCCCC(n2c(NC(=O)c3ccnc(C)c3)nc3cc(OC(=O)N4CCOCC4)cc(Cl)c32)C1. The highest BCUT2D eigenvalue weighted by Gasteiger charge is 2.28. The average Bonchev–Trinajstić information content (AvgIpc) is 3.13. The van der Waals surface area contributed by atoms with E-state index >= 15 is 0 Å². The lowest BCUT2D eigenvalue weighted by molar-refractivity contribution is -0.126. The molecule has 0 bridgehead atoms. The Morgan fingerprint density at radius 3 is 2.70 bits per heavy atom. The first-order valence-corrected chi connectivity index (χ1v) is 13.6. The van der Waals surface area contributed by atoms with Gasteiger partial charge in [-0.15, -0.1) is 0 Å². The Morgan fingerprint density at radius 2 is 1.95 bits per heavy atom. The van der Waals surface area contributed by atoms with Crippen LogP contribution in [-0.4, -0.2) is 81.6 Å². The number of pyridine rings is 1. The Balaban J connectivity index is 1.53. The zero-order valence-corrected chi connectivity index (χ0v) is 23.0. The Morgan fingerprint density at radius 1 is 1.15 bits per heavy atom. The summed E-state index contributed by atoms with van der Waals surface area (Å²) < 4.78 is 12.8. The van der Waals surface area contributed by atoms with E-state index in [9.17, 15) is 14.4 Å². The molecule has 2 aliphatic heterocycles. The number of hydrogen-bond donors (Lipinski definition) is 1. The Kier molecular flexibility index (Phi) is 8.32. The first kappa shape index (κ1) is 27.6. The molecule has 1 unspecified atom stereocenters. The molecule has 4 heterocycles. The van der Waals surface area contributed by atoms with Crippen molar-refractivity contribution in [1.29, 1.82) is 0 Å². The van der Waals surface area contributed by atoms with Crippen LogP contribution >= 0.6 is 11.6 Å². The van der Waals surface area contributed by atoms with Crippen molar-refractivity contribution in [1.82, 2.24) is 24.3 Å². The van der Waals surface area contributed by atoms with Crippen molar-refractivity contribution in [3.05, 3.63) is 59.4 Å². The van der Waals surface area contributed by atoms with Crippen LogP contribution in [0.3, 0.4) is 0 Å². The van der Waals surface area contributed by atoms with Crippen LogP contribution in [0.5, 0.6) is 5.75 Å². The zero-order valence-electron chi connectivity index (χ0n) is 22.3. The average molecular weight is 567 g/mol. The largest absolute Gasteiger partial charge is 0.415 e. The molecule has 1 aromatic carbocycles. The topological polar surface area (TPSA) is 119 Å². The number of amides is 3. The van der Waals surface area contributed by atoms with Gasteiger partial charge >= 0.3 is 6.09 Å². The summed E-state index contributed by atoms with van der Waals surface area (Å²) in [7, 11) is 0. The molecular weight excluding hydrogens is 536 g/mol. The summed E-state index contributed by atoms with van der Waals surface area (Å²) >= 11 is 6.81. The number of fused-ring (bicyclic) bond motifs is 1. The standard InChI is InChI=1S/C28H31ClN6O5/c1-3-24(36)34-9-5-4-6-20(17-34)35-25-22(29)15-21(40-28(38)33-10-12-39-13-11-33)16-23(25)31-27(35)32-26(37)19-7-8-30-18(2)14-19/h3,7-8,14-16,20H,1,4-6,9-13,17H2,2H3,(H,31,32,37). The lowest BCUT2D eigenvalue weighted by atomic mass is 10.1. The normalized spacial score (nSPS) is 17.8. The summed E-state index contributed by atoms with van der Waals surface area (Å²) in [4.78, 5) is 50.7. The Bertz CT molecular complexity index is 1450. The van der Waals surface area contributed by atoms with Crippen molar-refractivity contribution in [2.24, 2.45) is 0 Å². The number of benzene rings is 1. The van der Waals surface area contributed by atoms with Crippen molar-refractivity contribution >= 4 is 46.5 Å². The van der Waals surface area contributed by atoms with Crippen molar-refractivity contribution in [2.75, 3.05) is 44.7 Å². The van der Waals surface area contributed by atoms with Crippen LogP contribution in [0.4, 0.5) is 10.7 Å². The summed E-state index contributed by atoms with van der Waals surface area (Å²) in [6.45, 7) is 8.24. The number of nitrogens with one attached hydrogen (secondary N) is 1. The van der Waals surface area contributed by atoms with Crippen molar-refractivity contribution < 1.29 is 23.9 Å². The molecular formula is C28H31ClN6O5. The third-order valence-corrected chi connectivity index (χ3v) is 7.36. The molecule has 0 aliphatic carbocycles. The highest BCUT2D eigenvalue weighted by molar-refractivity contribution is 6.35. The molecule has 0 saturated carbocycles. The summed E-state index contributed by atoms with van der Waals surface area (Å²) in [5.74, 6) is 0.0129. The second-order valence-electron chi connectivity index (χ2n) is 9.82. The van der Waals surface area contributed by atoms with E-state index < -0.39 is 6.09 Å². The third-order valence-electron chi connectivity index (χ3n) is 7.07. The summed E-state index contributed by atoms with van der Waals surface area (Å²) in [6.07, 6.45) is 4.84. The highest BCUT2D eigenvalue weighted by Crippen LogP contribution is 2.36. The molecule has 3 amide bonds. The smallest absolute Gasteiger partial charge is 0.410 e. The van der Waals surface area contributed by atoms with Gasteiger partial charge in [-0.2, -0.15) is 0 Å². The van der Waals surface area contributed by atoms with E-state index in [0.29, 0.717) is 66.7 Å². The molecule has 1 N–H and O–H groups in total. The number of ether oxygens (including phenoxy) is 2. The number of likely N-dealkylation sites (tertiary alicyclic amines) is 1. The molecule has 0 radical (unpaired) electrons. The fraction of sp³-hybridized carbons (Fsp3) is 0.393. The van der Waals surface area contributed by atoms with Crippen LogP contribution in [0.2, 0.25) is 5.02 Å². The number of nitrogens with zero attached hydrogens (tertiary/aromatic N) is 5. The van der Waals surface area contributed by atoms with Crippen LogP contribution in [-0.2, 0) is 9.53 Å². The first-order chi connectivity index (χ1) is 19.3. The van der Waals surface area contributed by atoms with Crippen molar-refractivity contribution in [3.8, 4) is 5.75 Å². The van der Waals surface area contributed by atoms with Gasteiger partial charge in [0.05, 0.1) is 35.3 Å². The van der Waals surface area contributed by atoms with Gasteiger partial charge in [0, 0.05) is 55.8 Å². The molecule has 11 nitrogen and oxygen atoms in total. The first-order valence-electron chi connectivity index (χ1n) is 13.3. The highest BCUT2D eigenvalue weighted by atomic mass is 35.5. The second-order valence-corrected chi connectivity index (χ2v) is 10.2. The Labute approximate surface area is 236 Å². The van der Waals surface area contributed by atoms with Crippen LogP contribution < -0.4 is 10.1 Å². The maximum Gasteiger partial charge on any atom is 0.415 e. The number of carbonyl (C=O) groups is 3. The molecule has 40 heavy (non-hydrogen) atoms. The maximum absolute atomic E-state index is 13.2. The minimum absolute atomic E-state index is 0.155. The van der Waals surface area contributed by atoms with Gasteiger partial charge in [0.25, 0.3) is 5.91 Å². The fourth-order valence-corrected chi connectivity index (χ4v) is 5.39. The number of imidazole rings is 1. The monoisotopic (exact) mass is 566 g/mol. The van der Waals surface area contributed by atoms with Gasteiger partial charge in [-0.05, 0) is 44.4 Å². The van der Waals surface area contributed by atoms with Gasteiger partial charge in [0.1, 0.15) is 5.75 Å². The van der Waals surface area contributed by atoms with E-state index in [1.54, 1.807) is 40.3 Å². The Hall–Kier alpha value is -3.96. The van der Waals surface area contributed by atoms with Gasteiger partial charge < -0.3 is 23.8 Å². The maximum atomic E-state index is 13.2. The number of aryl methyl sites for hydroxylation is 1. The predicted molar refractivity (Wildman–Crippen MR) is 150 cm³/mol. The minimum Gasteiger partial charge on any atom is -0.410 e. The number of carbonyl (C=O) groups excluding carboxylic acids is 3. The lowest BCUT2D eigenvalue weighted by Gasteiger charge is -2.26. The summed E-state index contributed by atoms with van der Waals surface area (Å²) in [5.41, 5.74) is 2.16. The molecule has 1 atom stereocenters. The molecule has 3 aromatic rings. The van der Waals surface area contributed by atoms with E-state index in [4.69, 9.17) is 26.1 Å². The van der Waals surface area contributed by atoms with Crippen LogP contribution in [0.25, 0.3) is 11.0 Å². The zero-order chi connectivity index (χ0) is 28.2. The number of hydrogen-bond acceptors (Lipinski definition) is 7. The predicted octanol–water partition coefficient (Wildman–Crippen LogP) is 4.22.